The van der Waals surface area contributed by atoms with Crippen LogP contribution in [0.25, 0.3) is 11.0 Å². The van der Waals surface area contributed by atoms with Gasteiger partial charge in [0, 0.05) is 25.2 Å². The standard InChI is InChI=1S/C24H28FN5O2/c1-14-11-16(3-4-19(14)25)20(31)15(2)29-23(32)18-6-10-30(12-24(18)7-8-24)22-17-5-9-26-21(17)27-13-28-22/h3-5,9,11,13,15,18,20,31H,6-8,10,12H2,1-2H3,(H,29,32)(H,26,27,28)/t15-,18?,20+/m0/s1. The van der Waals surface area contributed by atoms with Crippen molar-refractivity contribution in [3.8, 4) is 0 Å². The maximum Gasteiger partial charge on any atom is 0.224 e. The second kappa shape index (κ2) is 7.85. The lowest BCUT2D eigenvalue weighted by Gasteiger charge is -2.39. The van der Waals surface area contributed by atoms with Crippen molar-refractivity contribution < 1.29 is 14.3 Å². The SMILES string of the molecule is Cc1cc([C@H](O)[C@H](C)NC(=O)C2CCN(c3ncnc4[nH]ccc34)CC23CC3)ccc1F. The number of nitrogens with one attached hydrogen (secondary N) is 2. The van der Waals surface area contributed by atoms with E-state index in [1.807, 2.05) is 12.3 Å². The molecule has 1 unspecified atom stereocenters. The number of carbonyl (C=O) groups excluding carboxylic acids is 1. The van der Waals surface area contributed by atoms with Gasteiger partial charge in [-0.2, -0.15) is 0 Å². The maximum absolute atomic E-state index is 13.6. The monoisotopic (exact) mass is 437 g/mol. The summed E-state index contributed by atoms with van der Waals surface area (Å²) in [5.74, 6) is 0.506. The molecule has 3 heterocycles. The third-order valence-electron chi connectivity index (χ3n) is 7.14. The van der Waals surface area contributed by atoms with Gasteiger partial charge in [-0.25, -0.2) is 14.4 Å². The predicted octanol–water partition coefficient (Wildman–Crippen LogP) is 3.25. The van der Waals surface area contributed by atoms with Crippen LogP contribution in [0.2, 0.25) is 0 Å². The number of anilines is 1. The molecular weight excluding hydrogens is 409 g/mol. The number of hydrogen-bond acceptors (Lipinski definition) is 5. The Morgan fingerprint density at radius 1 is 1.34 bits per heavy atom. The minimum atomic E-state index is -0.892. The van der Waals surface area contributed by atoms with E-state index in [1.54, 1.807) is 32.3 Å². The van der Waals surface area contributed by atoms with Crippen LogP contribution in [0.4, 0.5) is 10.2 Å². The average molecular weight is 438 g/mol. The Labute approximate surface area is 186 Å². The van der Waals surface area contributed by atoms with Gasteiger partial charge < -0.3 is 20.3 Å². The van der Waals surface area contributed by atoms with Gasteiger partial charge in [0.2, 0.25) is 5.91 Å². The first kappa shape index (κ1) is 20.9. The fourth-order valence-electron chi connectivity index (χ4n) is 5.07. The number of H-pyrrole nitrogens is 1. The van der Waals surface area contributed by atoms with Gasteiger partial charge in [0.25, 0.3) is 0 Å². The summed E-state index contributed by atoms with van der Waals surface area (Å²) < 4.78 is 13.6. The normalized spacial score (nSPS) is 21.5. The van der Waals surface area contributed by atoms with Gasteiger partial charge in [-0.1, -0.05) is 12.1 Å². The molecular formula is C24H28FN5O2. The number of carbonyl (C=O) groups is 1. The van der Waals surface area contributed by atoms with Crippen LogP contribution in [-0.2, 0) is 4.79 Å². The van der Waals surface area contributed by atoms with E-state index in [2.05, 4.69) is 25.2 Å². The predicted molar refractivity (Wildman–Crippen MR) is 120 cm³/mol. The number of aliphatic hydroxyl groups excluding tert-OH is 1. The first-order valence-electron chi connectivity index (χ1n) is 11.2. The summed E-state index contributed by atoms with van der Waals surface area (Å²) in [7, 11) is 0. The van der Waals surface area contributed by atoms with E-state index in [4.69, 9.17) is 0 Å². The Hall–Kier alpha value is -3.00. The Kier molecular flexibility index (Phi) is 5.12. The number of nitrogens with zero attached hydrogens (tertiary/aromatic N) is 3. The van der Waals surface area contributed by atoms with Gasteiger partial charge in [0.1, 0.15) is 23.6 Å². The van der Waals surface area contributed by atoms with Crippen molar-refractivity contribution in [2.45, 2.75) is 45.3 Å². The Morgan fingerprint density at radius 2 is 2.16 bits per heavy atom. The van der Waals surface area contributed by atoms with Crippen LogP contribution in [0.1, 0.15) is 43.4 Å². The van der Waals surface area contributed by atoms with Crippen molar-refractivity contribution in [1.29, 1.82) is 0 Å². The first-order chi connectivity index (χ1) is 15.4. The van der Waals surface area contributed by atoms with Crippen molar-refractivity contribution in [1.82, 2.24) is 20.3 Å². The quantitative estimate of drug-likeness (QED) is 0.570. The van der Waals surface area contributed by atoms with E-state index in [0.29, 0.717) is 11.1 Å². The van der Waals surface area contributed by atoms with Crippen LogP contribution >= 0.6 is 0 Å². The smallest absolute Gasteiger partial charge is 0.224 e. The Morgan fingerprint density at radius 3 is 2.91 bits per heavy atom. The topological polar surface area (TPSA) is 94.1 Å². The molecule has 5 rings (SSSR count). The highest BCUT2D eigenvalue weighted by Gasteiger charge is 2.55. The summed E-state index contributed by atoms with van der Waals surface area (Å²) in [6.45, 7) is 4.99. The van der Waals surface area contributed by atoms with Crippen LogP contribution in [0.3, 0.4) is 0 Å². The number of aliphatic hydroxyl groups is 1. The van der Waals surface area contributed by atoms with Crippen LogP contribution in [0, 0.1) is 24.1 Å². The van der Waals surface area contributed by atoms with E-state index >= 15 is 0 Å². The number of aryl methyl sites for hydroxylation is 1. The lowest BCUT2D eigenvalue weighted by Crippen LogP contribution is -2.50. The van der Waals surface area contributed by atoms with Gasteiger partial charge in [0.05, 0.1) is 17.5 Å². The number of fused-ring (bicyclic) bond motifs is 1. The third kappa shape index (κ3) is 3.62. The van der Waals surface area contributed by atoms with E-state index in [-0.39, 0.29) is 23.1 Å². The zero-order chi connectivity index (χ0) is 22.5. The molecule has 2 aromatic heterocycles. The summed E-state index contributed by atoms with van der Waals surface area (Å²) in [4.78, 5) is 27.4. The van der Waals surface area contributed by atoms with Crippen LogP contribution in [0.5, 0.6) is 0 Å². The number of aromatic nitrogens is 3. The number of benzene rings is 1. The maximum atomic E-state index is 13.6. The molecule has 1 saturated heterocycles. The molecule has 0 bridgehead atoms. The van der Waals surface area contributed by atoms with E-state index in [9.17, 15) is 14.3 Å². The fraction of sp³-hybridized carbons (Fsp3) is 0.458. The van der Waals surface area contributed by atoms with Crippen LogP contribution in [-0.4, -0.2) is 45.1 Å². The zero-order valence-electron chi connectivity index (χ0n) is 18.3. The summed E-state index contributed by atoms with van der Waals surface area (Å²) in [6, 6.07) is 6.07. The van der Waals surface area contributed by atoms with E-state index < -0.39 is 12.1 Å². The number of rotatable bonds is 5. The van der Waals surface area contributed by atoms with Crippen molar-refractivity contribution in [3.63, 3.8) is 0 Å². The number of halogens is 1. The summed E-state index contributed by atoms with van der Waals surface area (Å²) in [5.41, 5.74) is 1.85. The molecule has 0 radical (unpaired) electrons. The van der Waals surface area contributed by atoms with E-state index in [0.717, 1.165) is 49.2 Å². The van der Waals surface area contributed by atoms with Gasteiger partial charge in [-0.05, 0) is 61.8 Å². The highest BCUT2D eigenvalue weighted by molar-refractivity contribution is 5.87. The number of hydrogen-bond donors (Lipinski definition) is 3. The largest absolute Gasteiger partial charge is 0.386 e. The second-order valence-electron chi connectivity index (χ2n) is 9.31. The molecule has 32 heavy (non-hydrogen) atoms. The minimum Gasteiger partial charge on any atom is -0.386 e. The highest BCUT2D eigenvalue weighted by Crippen LogP contribution is 2.56. The van der Waals surface area contributed by atoms with Gasteiger partial charge in [0.15, 0.2) is 0 Å². The van der Waals surface area contributed by atoms with Crippen molar-refractivity contribution in [2.24, 2.45) is 11.3 Å². The van der Waals surface area contributed by atoms with Gasteiger partial charge in [-0.15, -0.1) is 0 Å². The fourth-order valence-corrected chi connectivity index (χ4v) is 5.07. The second-order valence-corrected chi connectivity index (χ2v) is 9.31. The van der Waals surface area contributed by atoms with Gasteiger partial charge in [-0.3, -0.25) is 4.79 Å². The Bertz CT molecular complexity index is 1160. The molecule has 1 aromatic carbocycles. The molecule has 168 valence electrons. The molecule has 3 atom stereocenters. The summed E-state index contributed by atoms with van der Waals surface area (Å²) in [6.07, 6.45) is 5.31. The average Bonchev–Trinajstić information content (AvgIpc) is 3.36. The van der Waals surface area contributed by atoms with Crippen molar-refractivity contribution >= 4 is 22.8 Å². The minimum absolute atomic E-state index is 0.0120. The molecule has 7 nitrogen and oxygen atoms in total. The first-order valence-corrected chi connectivity index (χ1v) is 11.2. The molecule has 2 fully saturated rings. The molecule has 3 N–H and O–H groups in total. The van der Waals surface area contributed by atoms with Crippen LogP contribution in [0.15, 0.2) is 36.8 Å². The molecule has 1 spiro atoms. The lowest BCUT2D eigenvalue weighted by atomic mass is 9.81. The Balaban J connectivity index is 1.27. The molecule has 1 aliphatic carbocycles. The number of amides is 1. The van der Waals surface area contributed by atoms with Crippen molar-refractivity contribution in [2.75, 3.05) is 18.0 Å². The molecule has 1 amide bonds. The number of aromatic amines is 1. The molecule has 3 aromatic rings. The van der Waals surface area contributed by atoms with Gasteiger partial charge >= 0.3 is 0 Å². The van der Waals surface area contributed by atoms with Crippen LogP contribution < -0.4 is 10.2 Å². The molecule has 8 heteroatoms. The van der Waals surface area contributed by atoms with Crippen molar-refractivity contribution in [3.05, 3.63) is 53.7 Å². The molecule has 1 saturated carbocycles. The summed E-state index contributed by atoms with van der Waals surface area (Å²) in [5, 5.41) is 14.7. The molecule has 1 aliphatic heterocycles. The molecule has 2 aliphatic rings. The third-order valence-corrected chi connectivity index (χ3v) is 7.14. The summed E-state index contributed by atoms with van der Waals surface area (Å²) >= 11 is 0. The highest BCUT2D eigenvalue weighted by atomic mass is 19.1. The number of piperidine rings is 1. The van der Waals surface area contributed by atoms with E-state index in [1.165, 1.54) is 6.07 Å². The lowest BCUT2D eigenvalue weighted by molar-refractivity contribution is -0.129. The zero-order valence-corrected chi connectivity index (χ0v) is 18.3.